The fraction of sp³-hybridized carbons (Fsp3) is 0.588. The lowest BCUT2D eigenvalue weighted by molar-refractivity contribution is -0.0319. The standard InChI is InChI=1S/C17H22N2O3S/c20-15(16-2-1-6-22-16)8-13-11-21-7-5-19(13)10-14-9-18-17(23-14)12-3-4-12/h1-2,6,9,12-13,15,20H,3-5,7-8,10-11H2. The van der Waals surface area contributed by atoms with Crippen LogP contribution in [0.1, 0.15) is 46.9 Å². The van der Waals surface area contributed by atoms with Gasteiger partial charge in [0.05, 0.1) is 24.5 Å². The first-order chi connectivity index (χ1) is 11.3. The maximum absolute atomic E-state index is 10.3. The molecule has 2 aromatic rings. The SMILES string of the molecule is OC(CC1COCCN1Cc1cnc(C2CC2)s1)c1ccco1. The Bertz CT molecular complexity index is 624. The number of furan rings is 1. The molecule has 2 unspecified atom stereocenters. The molecule has 2 aromatic heterocycles. The first kappa shape index (κ1) is 15.3. The van der Waals surface area contributed by atoms with Crippen molar-refractivity contribution in [1.82, 2.24) is 9.88 Å². The summed E-state index contributed by atoms with van der Waals surface area (Å²) in [6.45, 7) is 3.20. The van der Waals surface area contributed by atoms with Crippen molar-refractivity contribution in [2.45, 2.75) is 43.9 Å². The molecule has 6 heteroatoms. The summed E-state index contributed by atoms with van der Waals surface area (Å²) in [5.41, 5.74) is 0. The molecular formula is C17H22N2O3S. The van der Waals surface area contributed by atoms with Crippen LogP contribution in [-0.2, 0) is 11.3 Å². The fourth-order valence-corrected chi connectivity index (χ4v) is 4.20. The van der Waals surface area contributed by atoms with E-state index in [-0.39, 0.29) is 6.04 Å². The van der Waals surface area contributed by atoms with Gasteiger partial charge >= 0.3 is 0 Å². The van der Waals surface area contributed by atoms with Gasteiger partial charge in [-0.05, 0) is 31.4 Å². The van der Waals surface area contributed by atoms with E-state index in [9.17, 15) is 5.11 Å². The monoisotopic (exact) mass is 334 g/mol. The summed E-state index contributed by atoms with van der Waals surface area (Å²) in [5.74, 6) is 1.35. The van der Waals surface area contributed by atoms with Gasteiger partial charge < -0.3 is 14.3 Å². The number of rotatable bonds is 6. The van der Waals surface area contributed by atoms with Crippen LogP contribution in [-0.4, -0.2) is 40.8 Å². The lowest BCUT2D eigenvalue weighted by Gasteiger charge is -2.36. The number of aliphatic hydroxyl groups excluding tert-OH is 1. The summed E-state index contributed by atoms with van der Waals surface area (Å²) in [7, 11) is 0. The minimum absolute atomic E-state index is 0.204. The Morgan fingerprint density at radius 2 is 2.35 bits per heavy atom. The minimum atomic E-state index is -0.581. The molecule has 0 radical (unpaired) electrons. The second kappa shape index (κ2) is 6.73. The Balaban J connectivity index is 1.40. The zero-order valence-corrected chi connectivity index (χ0v) is 13.9. The van der Waals surface area contributed by atoms with Crippen LogP contribution in [0.25, 0.3) is 0 Å². The molecule has 124 valence electrons. The maximum Gasteiger partial charge on any atom is 0.132 e. The van der Waals surface area contributed by atoms with Gasteiger partial charge in [0.15, 0.2) is 0 Å². The Morgan fingerprint density at radius 1 is 1.43 bits per heavy atom. The van der Waals surface area contributed by atoms with Crippen molar-refractivity contribution in [3.63, 3.8) is 0 Å². The smallest absolute Gasteiger partial charge is 0.132 e. The summed E-state index contributed by atoms with van der Waals surface area (Å²) in [6.07, 6.45) is 6.26. The molecule has 1 aliphatic carbocycles. The molecule has 4 rings (SSSR count). The number of ether oxygens (including phenoxy) is 1. The van der Waals surface area contributed by atoms with E-state index < -0.39 is 6.10 Å². The van der Waals surface area contributed by atoms with E-state index in [0.717, 1.165) is 25.6 Å². The number of morpholine rings is 1. The zero-order chi connectivity index (χ0) is 15.6. The summed E-state index contributed by atoms with van der Waals surface area (Å²) >= 11 is 1.84. The van der Waals surface area contributed by atoms with Crippen molar-refractivity contribution in [1.29, 1.82) is 0 Å². The lowest BCUT2D eigenvalue weighted by atomic mass is 10.1. The van der Waals surface area contributed by atoms with Crippen LogP contribution in [0.15, 0.2) is 29.0 Å². The molecule has 5 nitrogen and oxygen atoms in total. The zero-order valence-electron chi connectivity index (χ0n) is 13.1. The topological polar surface area (TPSA) is 58.7 Å². The molecule has 2 fully saturated rings. The lowest BCUT2D eigenvalue weighted by Crippen LogP contribution is -2.45. The molecule has 2 atom stereocenters. The molecule has 2 aliphatic rings. The third kappa shape index (κ3) is 3.66. The number of aliphatic hydroxyl groups is 1. The van der Waals surface area contributed by atoms with Crippen LogP contribution >= 0.6 is 11.3 Å². The Hall–Kier alpha value is -1.21. The van der Waals surface area contributed by atoms with Crippen LogP contribution in [0, 0.1) is 0 Å². The normalized spacial score (nSPS) is 24.0. The predicted molar refractivity (Wildman–Crippen MR) is 87.4 cm³/mol. The first-order valence-corrected chi connectivity index (χ1v) is 9.09. The molecule has 1 saturated heterocycles. The number of nitrogens with zero attached hydrogens (tertiary/aromatic N) is 2. The van der Waals surface area contributed by atoms with Gasteiger partial charge in [-0.1, -0.05) is 0 Å². The van der Waals surface area contributed by atoms with Gasteiger partial charge in [0.2, 0.25) is 0 Å². The van der Waals surface area contributed by atoms with Crippen LogP contribution < -0.4 is 0 Å². The van der Waals surface area contributed by atoms with Crippen molar-refractivity contribution in [2.24, 2.45) is 0 Å². The highest BCUT2D eigenvalue weighted by Gasteiger charge is 2.29. The number of hydrogen-bond donors (Lipinski definition) is 1. The van der Waals surface area contributed by atoms with E-state index in [1.165, 1.54) is 22.7 Å². The molecule has 0 bridgehead atoms. The molecule has 0 aromatic carbocycles. The highest BCUT2D eigenvalue weighted by Crippen LogP contribution is 2.42. The predicted octanol–water partition coefficient (Wildman–Crippen LogP) is 2.94. The van der Waals surface area contributed by atoms with Crippen molar-refractivity contribution >= 4 is 11.3 Å². The van der Waals surface area contributed by atoms with Crippen molar-refractivity contribution in [3.05, 3.63) is 40.2 Å². The van der Waals surface area contributed by atoms with Crippen molar-refractivity contribution in [3.8, 4) is 0 Å². The minimum Gasteiger partial charge on any atom is -0.467 e. The quantitative estimate of drug-likeness (QED) is 0.880. The van der Waals surface area contributed by atoms with E-state index in [2.05, 4.69) is 9.88 Å². The summed E-state index contributed by atoms with van der Waals surface area (Å²) in [6, 6.07) is 3.84. The molecular weight excluding hydrogens is 312 g/mol. The van der Waals surface area contributed by atoms with E-state index >= 15 is 0 Å². The molecule has 23 heavy (non-hydrogen) atoms. The summed E-state index contributed by atoms with van der Waals surface area (Å²) in [5, 5.41) is 11.6. The van der Waals surface area contributed by atoms with Crippen LogP contribution in [0.5, 0.6) is 0 Å². The van der Waals surface area contributed by atoms with Crippen LogP contribution in [0.3, 0.4) is 0 Å². The van der Waals surface area contributed by atoms with Crippen molar-refractivity contribution < 1.29 is 14.3 Å². The Labute approximate surface area is 139 Å². The van der Waals surface area contributed by atoms with Gasteiger partial charge in [-0.25, -0.2) is 4.98 Å². The van der Waals surface area contributed by atoms with Crippen LogP contribution in [0.4, 0.5) is 0 Å². The number of aromatic nitrogens is 1. The van der Waals surface area contributed by atoms with E-state index in [1.807, 2.05) is 29.7 Å². The van der Waals surface area contributed by atoms with Crippen molar-refractivity contribution in [2.75, 3.05) is 19.8 Å². The van der Waals surface area contributed by atoms with E-state index in [1.54, 1.807) is 6.26 Å². The van der Waals surface area contributed by atoms with Gasteiger partial charge in [0, 0.05) is 36.1 Å². The molecule has 3 heterocycles. The number of thiazole rings is 1. The van der Waals surface area contributed by atoms with Gasteiger partial charge in [0.25, 0.3) is 0 Å². The Kier molecular flexibility index (Phi) is 4.48. The largest absolute Gasteiger partial charge is 0.467 e. The van der Waals surface area contributed by atoms with Gasteiger partial charge in [-0.15, -0.1) is 11.3 Å². The number of hydrogen-bond acceptors (Lipinski definition) is 6. The second-order valence-corrected chi connectivity index (χ2v) is 7.55. The summed E-state index contributed by atoms with van der Waals surface area (Å²) < 4.78 is 10.9. The average Bonchev–Trinajstić information content (AvgIpc) is 3.08. The fourth-order valence-electron chi connectivity index (χ4n) is 3.08. The molecule has 0 spiro atoms. The first-order valence-electron chi connectivity index (χ1n) is 8.27. The maximum atomic E-state index is 10.3. The molecule has 0 amide bonds. The second-order valence-electron chi connectivity index (χ2n) is 6.41. The van der Waals surface area contributed by atoms with Gasteiger partial charge in [0.1, 0.15) is 11.9 Å². The third-order valence-electron chi connectivity index (χ3n) is 4.57. The third-order valence-corrected chi connectivity index (χ3v) is 5.72. The van der Waals surface area contributed by atoms with Gasteiger partial charge in [-0.2, -0.15) is 0 Å². The van der Waals surface area contributed by atoms with E-state index in [0.29, 0.717) is 18.8 Å². The van der Waals surface area contributed by atoms with Gasteiger partial charge in [-0.3, -0.25) is 4.90 Å². The highest BCUT2D eigenvalue weighted by molar-refractivity contribution is 7.11. The summed E-state index contributed by atoms with van der Waals surface area (Å²) in [4.78, 5) is 8.28. The Morgan fingerprint density at radius 3 is 3.13 bits per heavy atom. The van der Waals surface area contributed by atoms with Crippen LogP contribution in [0.2, 0.25) is 0 Å². The highest BCUT2D eigenvalue weighted by atomic mass is 32.1. The molecule has 1 N–H and O–H groups in total. The molecule has 1 aliphatic heterocycles. The van der Waals surface area contributed by atoms with E-state index in [4.69, 9.17) is 9.15 Å². The molecule has 1 saturated carbocycles. The average molecular weight is 334 g/mol.